The number of benzene rings is 1. The average molecular weight is 369 g/mol. The minimum absolute atomic E-state index is 0.0909. The van der Waals surface area contributed by atoms with Gasteiger partial charge in [0, 0.05) is 19.1 Å². The van der Waals surface area contributed by atoms with Crippen LogP contribution in [0.25, 0.3) is 0 Å². The van der Waals surface area contributed by atoms with Gasteiger partial charge in [-0.15, -0.1) is 0 Å². The van der Waals surface area contributed by atoms with Crippen LogP contribution in [-0.2, 0) is 10.0 Å². The van der Waals surface area contributed by atoms with Crippen molar-refractivity contribution in [1.82, 2.24) is 9.21 Å². The molecule has 1 aromatic rings. The molecule has 1 saturated heterocycles. The van der Waals surface area contributed by atoms with Crippen LogP contribution in [0.2, 0.25) is 0 Å². The van der Waals surface area contributed by atoms with Crippen LogP contribution in [0.1, 0.15) is 6.42 Å². The lowest BCUT2D eigenvalue weighted by molar-refractivity contribution is 0.302. The molecule has 4 nitrogen and oxygen atoms in total. The predicted molar refractivity (Wildman–Crippen MR) is 74.9 cm³/mol. The zero-order chi connectivity index (χ0) is 15.1. The van der Waals surface area contributed by atoms with Crippen molar-refractivity contribution in [3.63, 3.8) is 0 Å². The SMILES string of the molecule is CN(C)[C@@H]1CCN(S(=O)(=O)c2cc(F)c(Br)cc2F)C1. The number of rotatable bonds is 3. The molecule has 0 aliphatic carbocycles. The van der Waals surface area contributed by atoms with Gasteiger partial charge in [-0.3, -0.25) is 0 Å². The Morgan fingerprint density at radius 3 is 2.50 bits per heavy atom. The Morgan fingerprint density at radius 2 is 1.95 bits per heavy atom. The van der Waals surface area contributed by atoms with Gasteiger partial charge in [-0.25, -0.2) is 17.2 Å². The lowest BCUT2D eigenvalue weighted by atomic mass is 10.2. The standard InChI is InChI=1S/C12H15BrF2N2O2S/c1-16(2)8-3-4-17(7-8)20(18,19)12-6-10(14)9(13)5-11(12)15/h5-6,8H,3-4,7H2,1-2H3/t8-/m1/s1. The Kier molecular flexibility index (Phi) is 4.48. The molecule has 0 spiro atoms. The first-order valence-electron chi connectivity index (χ1n) is 6.04. The largest absolute Gasteiger partial charge is 0.305 e. The summed E-state index contributed by atoms with van der Waals surface area (Å²) in [7, 11) is -0.281. The van der Waals surface area contributed by atoms with Crippen LogP contribution >= 0.6 is 15.9 Å². The van der Waals surface area contributed by atoms with Crippen molar-refractivity contribution in [3.05, 3.63) is 28.2 Å². The highest BCUT2D eigenvalue weighted by Crippen LogP contribution is 2.28. The second-order valence-corrected chi connectivity index (χ2v) is 7.73. The first-order chi connectivity index (χ1) is 9.23. The van der Waals surface area contributed by atoms with Gasteiger partial charge in [0.2, 0.25) is 10.0 Å². The molecule has 0 radical (unpaired) electrons. The molecule has 0 amide bonds. The zero-order valence-corrected chi connectivity index (χ0v) is 13.5. The maximum absolute atomic E-state index is 13.8. The lowest BCUT2D eigenvalue weighted by Gasteiger charge is -2.20. The first-order valence-corrected chi connectivity index (χ1v) is 8.28. The molecule has 0 bridgehead atoms. The van der Waals surface area contributed by atoms with Gasteiger partial charge < -0.3 is 4.90 Å². The Labute approximate surface area is 125 Å². The van der Waals surface area contributed by atoms with E-state index >= 15 is 0 Å². The second-order valence-electron chi connectivity index (χ2n) is 4.97. The highest BCUT2D eigenvalue weighted by atomic mass is 79.9. The highest BCUT2D eigenvalue weighted by Gasteiger charge is 2.35. The van der Waals surface area contributed by atoms with Crippen molar-refractivity contribution < 1.29 is 17.2 Å². The lowest BCUT2D eigenvalue weighted by Crippen LogP contribution is -2.34. The van der Waals surface area contributed by atoms with E-state index in [1.807, 2.05) is 19.0 Å². The highest BCUT2D eigenvalue weighted by molar-refractivity contribution is 9.10. The molecular weight excluding hydrogens is 354 g/mol. The summed E-state index contributed by atoms with van der Waals surface area (Å²) in [6.45, 7) is 0.592. The fourth-order valence-corrected chi connectivity index (χ4v) is 4.06. The van der Waals surface area contributed by atoms with Crippen molar-refractivity contribution in [2.75, 3.05) is 27.2 Å². The molecule has 1 fully saturated rings. The Balaban J connectivity index is 2.35. The van der Waals surface area contributed by atoms with Gasteiger partial charge in [0.05, 0.1) is 4.47 Å². The maximum atomic E-state index is 13.8. The molecule has 1 atom stereocenters. The van der Waals surface area contributed by atoms with Crippen LogP contribution in [-0.4, -0.2) is 50.8 Å². The third-order valence-electron chi connectivity index (χ3n) is 3.45. The van der Waals surface area contributed by atoms with Gasteiger partial charge in [0.15, 0.2) is 0 Å². The summed E-state index contributed by atoms with van der Waals surface area (Å²) in [6.07, 6.45) is 0.673. The molecule has 0 saturated carbocycles. The van der Waals surface area contributed by atoms with E-state index in [-0.39, 0.29) is 17.1 Å². The summed E-state index contributed by atoms with van der Waals surface area (Å²) >= 11 is 2.83. The average Bonchev–Trinajstić information content (AvgIpc) is 2.83. The molecule has 1 aliphatic rings. The second kappa shape index (κ2) is 5.67. The van der Waals surface area contributed by atoms with E-state index < -0.39 is 26.6 Å². The van der Waals surface area contributed by atoms with Gasteiger partial charge in [0.25, 0.3) is 0 Å². The van der Waals surface area contributed by atoms with Crippen LogP contribution in [0.5, 0.6) is 0 Å². The summed E-state index contributed by atoms with van der Waals surface area (Å²) in [5, 5.41) is 0. The fraction of sp³-hybridized carbons (Fsp3) is 0.500. The van der Waals surface area contributed by atoms with Crippen LogP contribution in [0.3, 0.4) is 0 Å². The number of hydrogen-bond acceptors (Lipinski definition) is 3. The normalized spacial score (nSPS) is 20.8. The molecule has 2 rings (SSSR count). The number of nitrogens with zero attached hydrogens (tertiary/aromatic N) is 2. The van der Waals surface area contributed by atoms with E-state index in [1.165, 1.54) is 4.31 Å². The predicted octanol–water partition coefficient (Wildman–Crippen LogP) is 2.05. The monoisotopic (exact) mass is 368 g/mol. The molecule has 1 aliphatic heterocycles. The number of halogens is 3. The van der Waals surface area contributed by atoms with E-state index in [4.69, 9.17) is 0 Å². The summed E-state index contributed by atoms with van der Waals surface area (Å²) < 4.78 is 53.1. The molecule has 20 heavy (non-hydrogen) atoms. The molecule has 0 aromatic heterocycles. The topological polar surface area (TPSA) is 40.6 Å². The Bertz CT molecular complexity index is 622. The number of likely N-dealkylation sites (N-methyl/N-ethyl adjacent to an activating group) is 1. The van der Waals surface area contributed by atoms with Crippen molar-refractivity contribution >= 4 is 26.0 Å². The minimum Gasteiger partial charge on any atom is -0.305 e. The number of sulfonamides is 1. The van der Waals surface area contributed by atoms with Gasteiger partial charge in [-0.2, -0.15) is 4.31 Å². The van der Waals surface area contributed by atoms with Crippen molar-refractivity contribution in [2.45, 2.75) is 17.4 Å². The van der Waals surface area contributed by atoms with E-state index in [9.17, 15) is 17.2 Å². The van der Waals surface area contributed by atoms with Gasteiger partial charge in [-0.05, 0) is 48.6 Å². The smallest absolute Gasteiger partial charge is 0.246 e. The zero-order valence-electron chi connectivity index (χ0n) is 11.1. The van der Waals surface area contributed by atoms with Gasteiger partial charge in [-0.1, -0.05) is 0 Å². The molecule has 112 valence electrons. The number of hydrogen-bond donors (Lipinski definition) is 0. The van der Waals surface area contributed by atoms with Gasteiger partial charge in [0.1, 0.15) is 16.5 Å². The molecule has 8 heteroatoms. The third-order valence-corrected chi connectivity index (χ3v) is 5.94. The maximum Gasteiger partial charge on any atom is 0.246 e. The van der Waals surface area contributed by atoms with Crippen LogP contribution < -0.4 is 0 Å². The van der Waals surface area contributed by atoms with E-state index in [1.54, 1.807) is 0 Å². The van der Waals surface area contributed by atoms with Gasteiger partial charge >= 0.3 is 0 Å². The van der Waals surface area contributed by atoms with E-state index in [0.29, 0.717) is 13.0 Å². The quantitative estimate of drug-likeness (QED) is 0.766. The summed E-state index contributed by atoms with van der Waals surface area (Å²) in [6, 6.07) is 1.65. The van der Waals surface area contributed by atoms with Crippen molar-refractivity contribution in [1.29, 1.82) is 0 Å². The van der Waals surface area contributed by atoms with Crippen LogP contribution in [0, 0.1) is 11.6 Å². The summed E-state index contributed by atoms with van der Waals surface area (Å²) in [5.41, 5.74) is 0. The first kappa shape index (κ1) is 15.8. The van der Waals surface area contributed by atoms with E-state index in [2.05, 4.69) is 15.9 Å². The molecular formula is C12H15BrF2N2O2S. The fourth-order valence-electron chi connectivity index (χ4n) is 2.19. The van der Waals surface area contributed by atoms with Crippen LogP contribution in [0.4, 0.5) is 8.78 Å². The van der Waals surface area contributed by atoms with Crippen molar-refractivity contribution in [3.8, 4) is 0 Å². The molecule has 1 heterocycles. The minimum atomic E-state index is -4.00. The molecule has 1 aromatic carbocycles. The Hall–Kier alpha value is -0.570. The molecule has 0 unspecified atom stereocenters. The van der Waals surface area contributed by atoms with E-state index in [0.717, 1.165) is 12.1 Å². The third kappa shape index (κ3) is 2.88. The Morgan fingerprint density at radius 1 is 1.30 bits per heavy atom. The van der Waals surface area contributed by atoms with Crippen molar-refractivity contribution in [2.24, 2.45) is 0 Å². The molecule has 0 N–H and O–H groups in total. The summed E-state index contributed by atoms with van der Waals surface area (Å²) in [5.74, 6) is -1.75. The summed E-state index contributed by atoms with van der Waals surface area (Å²) in [4.78, 5) is 1.31. The van der Waals surface area contributed by atoms with Crippen LogP contribution in [0.15, 0.2) is 21.5 Å².